The van der Waals surface area contributed by atoms with Gasteiger partial charge in [-0.1, -0.05) is 0 Å². The summed E-state index contributed by atoms with van der Waals surface area (Å²) in [6.07, 6.45) is 0. The summed E-state index contributed by atoms with van der Waals surface area (Å²) in [5.74, 6) is -0.635. The Hall–Kier alpha value is -0.420. The molecule has 0 unspecified atom stereocenters. The second-order valence-electron chi connectivity index (χ2n) is 1.58. The summed E-state index contributed by atoms with van der Waals surface area (Å²) in [4.78, 5) is 18.4. The second kappa shape index (κ2) is 2.32. The lowest BCUT2D eigenvalue weighted by molar-refractivity contribution is -0.259. The molecule has 0 amide bonds. The zero-order chi connectivity index (χ0) is 7.78. The van der Waals surface area contributed by atoms with E-state index >= 15 is 0 Å². The molecular weight excluding hydrogens is 163 g/mol. The Labute approximate surface area is 56.3 Å². The van der Waals surface area contributed by atoms with Gasteiger partial charge in [-0.05, 0) is 0 Å². The summed E-state index contributed by atoms with van der Waals surface area (Å²) in [5.41, 5.74) is 0. The number of hydrogen-bond donors (Lipinski definition) is 1. The smallest absolute Gasteiger partial charge is 0.410 e. The van der Waals surface area contributed by atoms with Crippen LogP contribution in [-0.2, 0) is 23.1 Å². The standard InChI is InChI=1S/C3H5O6P/c1-2(4)7-3-8-10(5,6)9-3/h3H,1H3,(H,5,6). The highest BCUT2D eigenvalue weighted by molar-refractivity contribution is 7.48. The number of esters is 1. The van der Waals surface area contributed by atoms with Gasteiger partial charge in [0.2, 0.25) is 0 Å². The molecule has 1 aliphatic heterocycles. The van der Waals surface area contributed by atoms with Gasteiger partial charge in [0.25, 0.3) is 0 Å². The lowest BCUT2D eigenvalue weighted by Gasteiger charge is -2.28. The predicted molar refractivity (Wildman–Crippen MR) is 27.5 cm³/mol. The molecular formula is C3H5O6P. The first kappa shape index (κ1) is 7.68. The molecule has 0 spiro atoms. The fourth-order valence-electron chi connectivity index (χ4n) is 0.404. The first-order valence-corrected chi connectivity index (χ1v) is 3.86. The van der Waals surface area contributed by atoms with Crippen LogP contribution < -0.4 is 0 Å². The van der Waals surface area contributed by atoms with Crippen molar-refractivity contribution < 1.29 is 28.0 Å². The number of phosphoric acid groups is 1. The van der Waals surface area contributed by atoms with Gasteiger partial charge in [0.1, 0.15) is 0 Å². The number of carbonyl (C=O) groups excluding carboxylic acids is 1. The molecule has 58 valence electrons. The van der Waals surface area contributed by atoms with Crippen LogP contribution in [0.5, 0.6) is 0 Å². The highest BCUT2D eigenvalue weighted by Crippen LogP contribution is 2.55. The van der Waals surface area contributed by atoms with Crippen molar-refractivity contribution in [2.24, 2.45) is 0 Å². The molecule has 1 heterocycles. The van der Waals surface area contributed by atoms with E-state index in [-0.39, 0.29) is 0 Å². The highest BCUT2D eigenvalue weighted by atomic mass is 31.2. The fourth-order valence-corrected chi connectivity index (χ4v) is 0.941. The zero-order valence-electron chi connectivity index (χ0n) is 5.01. The van der Waals surface area contributed by atoms with Crippen molar-refractivity contribution >= 4 is 13.8 Å². The van der Waals surface area contributed by atoms with Gasteiger partial charge >= 0.3 is 20.3 Å². The summed E-state index contributed by atoms with van der Waals surface area (Å²) >= 11 is 0. The molecule has 6 nitrogen and oxygen atoms in total. The summed E-state index contributed by atoms with van der Waals surface area (Å²) in [6.45, 7) is -0.179. The Bertz CT molecular complexity index is 186. The van der Waals surface area contributed by atoms with Crippen LogP contribution in [0, 0.1) is 0 Å². The van der Waals surface area contributed by atoms with Gasteiger partial charge in [-0.3, -0.25) is 4.79 Å². The Morgan fingerprint density at radius 3 is 2.50 bits per heavy atom. The summed E-state index contributed by atoms with van der Waals surface area (Å²) in [5, 5.41) is 0. The molecule has 0 aliphatic carbocycles. The van der Waals surface area contributed by atoms with E-state index in [0.29, 0.717) is 0 Å². The van der Waals surface area contributed by atoms with E-state index in [0.717, 1.165) is 6.92 Å². The molecule has 0 saturated carbocycles. The predicted octanol–water partition coefficient (Wildman–Crippen LogP) is -0.0197. The van der Waals surface area contributed by atoms with Crippen molar-refractivity contribution in [3.05, 3.63) is 0 Å². The van der Waals surface area contributed by atoms with Crippen molar-refractivity contribution in [1.82, 2.24) is 0 Å². The molecule has 1 rings (SSSR count). The van der Waals surface area contributed by atoms with Crippen molar-refractivity contribution in [2.45, 2.75) is 13.4 Å². The van der Waals surface area contributed by atoms with Crippen molar-refractivity contribution in [2.75, 3.05) is 0 Å². The fraction of sp³-hybridized carbons (Fsp3) is 0.667. The van der Waals surface area contributed by atoms with Gasteiger partial charge < -0.3 is 9.63 Å². The molecule has 7 heteroatoms. The van der Waals surface area contributed by atoms with Crippen molar-refractivity contribution in [3.8, 4) is 0 Å². The highest BCUT2D eigenvalue weighted by Gasteiger charge is 2.44. The summed E-state index contributed by atoms with van der Waals surface area (Å²) < 4.78 is 22.6. The summed E-state index contributed by atoms with van der Waals surface area (Å²) in [6, 6.07) is 0. The first-order valence-electron chi connectivity index (χ1n) is 2.36. The topological polar surface area (TPSA) is 82.1 Å². The third-order valence-electron chi connectivity index (χ3n) is 0.701. The van der Waals surface area contributed by atoms with Crippen molar-refractivity contribution in [3.63, 3.8) is 0 Å². The largest absolute Gasteiger partial charge is 0.482 e. The minimum Gasteiger partial charge on any atom is -0.410 e. The van der Waals surface area contributed by atoms with Crippen LogP contribution in [0.1, 0.15) is 6.92 Å². The van der Waals surface area contributed by atoms with Gasteiger partial charge in [-0.25, -0.2) is 13.6 Å². The molecule has 0 radical (unpaired) electrons. The molecule has 0 aromatic rings. The lowest BCUT2D eigenvalue weighted by atomic mass is 10.8. The molecule has 0 atom stereocenters. The minimum absolute atomic E-state index is 0.635. The van der Waals surface area contributed by atoms with E-state index in [1.54, 1.807) is 0 Å². The number of rotatable bonds is 1. The maximum absolute atomic E-state index is 10.2. The third kappa shape index (κ3) is 1.78. The van der Waals surface area contributed by atoms with Crippen molar-refractivity contribution in [1.29, 1.82) is 0 Å². The van der Waals surface area contributed by atoms with Gasteiger partial charge in [-0.2, -0.15) is 0 Å². The van der Waals surface area contributed by atoms with Crippen LogP contribution in [0.4, 0.5) is 0 Å². The maximum atomic E-state index is 10.2. The van der Waals surface area contributed by atoms with Crippen LogP contribution in [-0.4, -0.2) is 17.3 Å². The van der Waals surface area contributed by atoms with Crippen LogP contribution in [0.2, 0.25) is 0 Å². The quantitative estimate of drug-likeness (QED) is 0.437. The normalized spacial score (nSPS) is 38.4. The van der Waals surface area contributed by atoms with Crippen LogP contribution in [0.3, 0.4) is 0 Å². The average Bonchev–Trinajstić information content (AvgIpc) is 1.57. The minimum atomic E-state index is -3.86. The monoisotopic (exact) mass is 168 g/mol. The number of carbonyl (C=O) groups is 1. The van der Waals surface area contributed by atoms with Crippen LogP contribution in [0.15, 0.2) is 0 Å². The Morgan fingerprint density at radius 2 is 2.20 bits per heavy atom. The molecule has 1 aliphatic rings. The second-order valence-corrected chi connectivity index (χ2v) is 2.94. The van der Waals surface area contributed by atoms with Crippen LogP contribution in [0.25, 0.3) is 0 Å². The van der Waals surface area contributed by atoms with Gasteiger partial charge in [0.05, 0.1) is 0 Å². The maximum Gasteiger partial charge on any atom is 0.482 e. The zero-order valence-corrected chi connectivity index (χ0v) is 5.91. The van der Waals surface area contributed by atoms with Crippen LogP contribution >= 0.6 is 7.82 Å². The first-order chi connectivity index (χ1) is 4.49. The number of hydrogen-bond acceptors (Lipinski definition) is 5. The SMILES string of the molecule is CC(=O)OC1OP(=O)(O)O1. The molecule has 1 fully saturated rings. The Kier molecular flexibility index (Phi) is 1.78. The molecule has 1 saturated heterocycles. The number of ether oxygens (including phenoxy) is 1. The van der Waals surface area contributed by atoms with E-state index in [1.807, 2.05) is 0 Å². The van der Waals surface area contributed by atoms with E-state index < -0.39 is 20.3 Å². The molecule has 10 heavy (non-hydrogen) atoms. The van der Waals surface area contributed by atoms with E-state index in [9.17, 15) is 9.36 Å². The molecule has 0 aromatic heterocycles. The molecule has 0 bridgehead atoms. The number of phosphoric ester groups is 1. The molecule has 1 N–H and O–H groups in total. The van der Waals surface area contributed by atoms with Gasteiger partial charge in [0, 0.05) is 6.92 Å². The van der Waals surface area contributed by atoms with E-state index in [1.165, 1.54) is 0 Å². The van der Waals surface area contributed by atoms with E-state index in [2.05, 4.69) is 13.8 Å². The van der Waals surface area contributed by atoms with Gasteiger partial charge in [0.15, 0.2) is 0 Å². The Balaban J connectivity index is 2.27. The summed E-state index contributed by atoms with van der Waals surface area (Å²) in [7, 11) is -3.86. The Morgan fingerprint density at radius 1 is 1.70 bits per heavy atom. The lowest BCUT2D eigenvalue weighted by Crippen LogP contribution is -2.29. The van der Waals surface area contributed by atoms with Gasteiger partial charge in [-0.15, -0.1) is 0 Å². The average molecular weight is 168 g/mol. The van der Waals surface area contributed by atoms with E-state index in [4.69, 9.17) is 4.89 Å². The molecule has 0 aromatic carbocycles. The third-order valence-corrected chi connectivity index (χ3v) is 1.58.